The number of nitrogens with zero attached hydrogens (tertiary/aromatic N) is 2. The maximum absolute atomic E-state index is 12.5. The fourth-order valence-corrected chi connectivity index (χ4v) is 3.12. The molecule has 0 saturated carbocycles. The molecule has 0 unspecified atom stereocenters. The largest absolute Gasteiger partial charge is 0.446 e. The molecule has 9 nitrogen and oxygen atoms in total. The van der Waals surface area contributed by atoms with Gasteiger partial charge in [-0.05, 0) is 88.4 Å². The summed E-state index contributed by atoms with van der Waals surface area (Å²) < 4.78 is 5.46. The molecule has 1 heterocycles. The van der Waals surface area contributed by atoms with Crippen molar-refractivity contribution in [1.82, 2.24) is 0 Å². The van der Waals surface area contributed by atoms with Crippen LogP contribution >= 0.6 is 0 Å². The number of hydrogen-bond donors (Lipinski definition) is 4. The Morgan fingerprint density at radius 1 is 0.657 bits per heavy atom. The van der Waals surface area contributed by atoms with Gasteiger partial charge in [-0.15, -0.1) is 0 Å². The second-order valence-corrected chi connectivity index (χ2v) is 8.44. The van der Waals surface area contributed by atoms with Crippen LogP contribution in [0.2, 0.25) is 0 Å². The van der Waals surface area contributed by atoms with E-state index >= 15 is 0 Å². The van der Waals surface area contributed by atoms with Crippen LogP contribution in [-0.2, 0) is 0 Å². The number of amides is 2. The van der Waals surface area contributed by atoms with Crippen molar-refractivity contribution >= 4 is 34.9 Å². The molecule has 3 aromatic rings. The SMILES string of the molecule is CC(C)N=C(N)c1ccc(NC(=O)c2ccc(C(=O)Nc3ccc(C(N)=NC(C)C)cc3)o2)cc1. The van der Waals surface area contributed by atoms with Crippen LogP contribution in [0.4, 0.5) is 11.4 Å². The van der Waals surface area contributed by atoms with Gasteiger partial charge in [-0.1, -0.05) is 0 Å². The highest BCUT2D eigenvalue weighted by Gasteiger charge is 2.16. The second kappa shape index (κ2) is 11.1. The summed E-state index contributed by atoms with van der Waals surface area (Å²) in [6, 6.07) is 17.0. The first-order valence-electron chi connectivity index (χ1n) is 11.2. The summed E-state index contributed by atoms with van der Waals surface area (Å²) in [7, 11) is 0. The van der Waals surface area contributed by atoms with E-state index in [1.807, 2.05) is 27.7 Å². The van der Waals surface area contributed by atoms with E-state index in [2.05, 4.69) is 20.6 Å². The zero-order chi connectivity index (χ0) is 25.5. The molecule has 2 aromatic carbocycles. The van der Waals surface area contributed by atoms with E-state index in [0.29, 0.717) is 23.0 Å². The number of hydrogen-bond acceptors (Lipinski definition) is 5. The zero-order valence-electron chi connectivity index (χ0n) is 20.2. The molecular formula is C26H30N6O3. The molecule has 0 atom stereocenters. The Morgan fingerprint density at radius 2 is 1.00 bits per heavy atom. The molecule has 0 aliphatic heterocycles. The number of amidine groups is 2. The minimum absolute atomic E-state index is 0.00753. The Labute approximate surface area is 204 Å². The van der Waals surface area contributed by atoms with Crippen LogP contribution in [0.5, 0.6) is 0 Å². The van der Waals surface area contributed by atoms with E-state index in [4.69, 9.17) is 15.9 Å². The maximum atomic E-state index is 12.5. The quantitative estimate of drug-likeness (QED) is 0.287. The molecule has 1 aromatic heterocycles. The molecule has 182 valence electrons. The van der Waals surface area contributed by atoms with Crippen molar-refractivity contribution in [2.75, 3.05) is 10.6 Å². The van der Waals surface area contributed by atoms with Crippen LogP contribution < -0.4 is 22.1 Å². The number of carbonyl (C=O) groups is 2. The van der Waals surface area contributed by atoms with Crippen molar-refractivity contribution in [2.24, 2.45) is 21.5 Å². The van der Waals surface area contributed by atoms with Gasteiger partial charge >= 0.3 is 0 Å². The standard InChI is InChI=1S/C26H30N6O3/c1-15(2)29-23(27)17-5-9-19(10-6-17)31-25(33)21-13-14-22(35-21)26(34)32-20-11-7-18(8-12-20)24(28)30-16(3)4/h5-16H,1-4H3,(H2,27,29)(H2,28,30)(H,31,33)(H,32,34). The lowest BCUT2D eigenvalue weighted by Crippen LogP contribution is -2.16. The lowest BCUT2D eigenvalue weighted by molar-refractivity contribution is 0.0974. The van der Waals surface area contributed by atoms with Gasteiger partial charge < -0.3 is 26.5 Å². The molecule has 0 saturated heterocycles. The summed E-state index contributed by atoms with van der Waals surface area (Å²) in [4.78, 5) is 33.7. The molecule has 2 amide bonds. The van der Waals surface area contributed by atoms with Crippen LogP contribution in [0.1, 0.15) is 59.9 Å². The summed E-state index contributed by atoms with van der Waals surface area (Å²) in [5.41, 5.74) is 14.6. The summed E-state index contributed by atoms with van der Waals surface area (Å²) in [6.45, 7) is 7.76. The maximum Gasteiger partial charge on any atom is 0.291 e. The van der Waals surface area contributed by atoms with Crippen molar-refractivity contribution in [2.45, 2.75) is 39.8 Å². The first-order valence-corrected chi connectivity index (χ1v) is 11.2. The van der Waals surface area contributed by atoms with Crippen LogP contribution in [0, 0.1) is 0 Å². The van der Waals surface area contributed by atoms with Crippen LogP contribution in [0.3, 0.4) is 0 Å². The normalized spacial score (nSPS) is 12.2. The number of rotatable bonds is 8. The lowest BCUT2D eigenvalue weighted by Gasteiger charge is -2.07. The predicted molar refractivity (Wildman–Crippen MR) is 139 cm³/mol. The third kappa shape index (κ3) is 7.04. The van der Waals surface area contributed by atoms with E-state index in [9.17, 15) is 9.59 Å². The number of anilines is 2. The topological polar surface area (TPSA) is 148 Å². The van der Waals surface area contributed by atoms with Gasteiger partial charge in [0.25, 0.3) is 11.8 Å². The highest BCUT2D eigenvalue weighted by Crippen LogP contribution is 2.16. The molecule has 9 heteroatoms. The van der Waals surface area contributed by atoms with Gasteiger partial charge in [-0.2, -0.15) is 0 Å². The fraction of sp³-hybridized carbons (Fsp3) is 0.231. The predicted octanol–water partition coefficient (Wildman–Crippen LogP) is 4.01. The Hall–Kier alpha value is -4.40. The van der Waals surface area contributed by atoms with Gasteiger partial charge in [0, 0.05) is 34.6 Å². The average molecular weight is 475 g/mol. The molecule has 0 spiro atoms. The molecule has 0 aliphatic rings. The minimum Gasteiger partial charge on any atom is -0.446 e. The summed E-state index contributed by atoms with van der Waals surface area (Å²) in [5, 5.41) is 5.46. The third-order valence-corrected chi connectivity index (χ3v) is 4.73. The zero-order valence-corrected chi connectivity index (χ0v) is 20.2. The fourth-order valence-electron chi connectivity index (χ4n) is 3.12. The molecular weight excluding hydrogens is 444 g/mol. The van der Waals surface area contributed by atoms with Gasteiger partial charge in [-0.25, -0.2) is 0 Å². The van der Waals surface area contributed by atoms with Crippen molar-refractivity contribution in [3.8, 4) is 0 Å². The summed E-state index contributed by atoms with van der Waals surface area (Å²) in [6.07, 6.45) is 0. The summed E-state index contributed by atoms with van der Waals surface area (Å²) >= 11 is 0. The van der Waals surface area contributed by atoms with Gasteiger partial charge in [0.2, 0.25) is 0 Å². The van der Waals surface area contributed by atoms with E-state index < -0.39 is 11.8 Å². The Morgan fingerprint density at radius 3 is 1.31 bits per heavy atom. The van der Waals surface area contributed by atoms with E-state index in [0.717, 1.165) is 11.1 Å². The van der Waals surface area contributed by atoms with Crippen molar-refractivity contribution in [3.63, 3.8) is 0 Å². The Bertz CT molecular complexity index is 1140. The summed E-state index contributed by atoms with van der Waals surface area (Å²) in [5.74, 6) is -0.0845. The van der Waals surface area contributed by atoms with Crippen LogP contribution in [0.15, 0.2) is 75.1 Å². The number of aliphatic imine (C=N–C) groups is 2. The highest BCUT2D eigenvalue weighted by molar-refractivity contribution is 6.06. The first kappa shape index (κ1) is 25.2. The smallest absolute Gasteiger partial charge is 0.291 e. The van der Waals surface area contributed by atoms with Crippen LogP contribution in [-0.4, -0.2) is 35.6 Å². The number of furan rings is 1. The van der Waals surface area contributed by atoms with E-state index in [-0.39, 0.29) is 23.6 Å². The van der Waals surface area contributed by atoms with Crippen molar-refractivity contribution < 1.29 is 14.0 Å². The van der Waals surface area contributed by atoms with Gasteiger partial charge in [0.1, 0.15) is 11.7 Å². The van der Waals surface area contributed by atoms with E-state index in [1.54, 1.807) is 48.5 Å². The highest BCUT2D eigenvalue weighted by atomic mass is 16.4. The van der Waals surface area contributed by atoms with E-state index in [1.165, 1.54) is 12.1 Å². The monoisotopic (exact) mass is 474 g/mol. The molecule has 6 N–H and O–H groups in total. The molecule has 0 fully saturated rings. The Balaban J connectivity index is 1.61. The first-order chi connectivity index (χ1) is 16.6. The second-order valence-electron chi connectivity index (χ2n) is 8.44. The number of nitrogens with two attached hydrogens (primary N) is 2. The molecule has 0 radical (unpaired) electrons. The number of nitrogens with one attached hydrogen (secondary N) is 2. The molecule has 3 rings (SSSR count). The molecule has 0 aliphatic carbocycles. The molecule has 0 bridgehead atoms. The van der Waals surface area contributed by atoms with Crippen molar-refractivity contribution in [1.29, 1.82) is 0 Å². The third-order valence-electron chi connectivity index (χ3n) is 4.73. The lowest BCUT2D eigenvalue weighted by atomic mass is 10.2. The number of carbonyl (C=O) groups excluding carboxylic acids is 2. The number of benzene rings is 2. The minimum atomic E-state index is -0.482. The van der Waals surface area contributed by atoms with Gasteiger partial charge in [0.05, 0.1) is 0 Å². The average Bonchev–Trinajstić information content (AvgIpc) is 3.30. The molecule has 35 heavy (non-hydrogen) atoms. The Kier molecular flexibility index (Phi) is 8.04. The van der Waals surface area contributed by atoms with Gasteiger partial charge in [-0.3, -0.25) is 19.6 Å². The van der Waals surface area contributed by atoms with Gasteiger partial charge in [0.15, 0.2) is 11.5 Å². The van der Waals surface area contributed by atoms with Crippen LogP contribution in [0.25, 0.3) is 0 Å². The van der Waals surface area contributed by atoms with Crippen molar-refractivity contribution in [3.05, 3.63) is 83.3 Å².